The summed E-state index contributed by atoms with van der Waals surface area (Å²) in [5.41, 5.74) is -0.0842. The van der Waals surface area contributed by atoms with Crippen LogP contribution in [0.15, 0.2) is 23.4 Å². The van der Waals surface area contributed by atoms with Gasteiger partial charge in [0.05, 0.1) is 18.0 Å². The maximum absolute atomic E-state index is 13.3. The van der Waals surface area contributed by atoms with E-state index in [1.165, 1.54) is 32.7 Å². The van der Waals surface area contributed by atoms with E-state index in [-0.39, 0.29) is 21.6 Å². The second kappa shape index (κ2) is 9.80. The number of alkyl halides is 2. The molecule has 0 aliphatic heterocycles. The molecule has 1 aliphatic carbocycles. The van der Waals surface area contributed by atoms with E-state index in [9.17, 15) is 27.3 Å². The van der Waals surface area contributed by atoms with Crippen molar-refractivity contribution in [3.63, 3.8) is 0 Å². The van der Waals surface area contributed by atoms with Crippen molar-refractivity contribution in [2.45, 2.75) is 29.7 Å². The van der Waals surface area contributed by atoms with Crippen molar-refractivity contribution in [2.75, 3.05) is 46.2 Å². The standard InChI is InChI=1S/C21H25F2N9O3S2/c1-29(2)20(33)31(4)8-7-30(3)14-9-13(37(34,35)28-21(12-24)5-6-21)11-32-15(10-25-17(14)32)18-26-27-19(36-18)16(22)23/h9-11,16,28H,5-8H2,1-4H3. The Morgan fingerprint density at radius 2 is 1.97 bits per heavy atom. The molecule has 1 fully saturated rings. The quantitative estimate of drug-likeness (QED) is 0.425. The number of pyridine rings is 1. The van der Waals surface area contributed by atoms with Crippen molar-refractivity contribution in [1.29, 1.82) is 5.26 Å². The zero-order valence-electron chi connectivity index (χ0n) is 20.5. The zero-order valence-corrected chi connectivity index (χ0v) is 22.1. The lowest BCUT2D eigenvalue weighted by molar-refractivity contribution is 0.150. The summed E-state index contributed by atoms with van der Waals surface area (Å²) < 4.78 is 56.7. The first-order chi connectivity index (χ1) is 17.4. The Labute approximate surface area is 216 Å². The van der Waals surface area contributed by atoms with Crippen molar-refractivity contribution < 1.29 is 22.0 Å². The largest absolute Gasteiger partial charge is 0.370 e. The molecule has 0 radical (unpaired) electrons. The van der Waals surface area contributed by atoms with Gasteiger partial charge in [-0.3, -0.25) is 4.40 Å². The van der Waals surface area contributed by atoms with E-state index in [0.717, 1.165) is 0 Å². The van der Waals surface area contributed by atoms with Crippen LogP contribution in [0.2, 0.25) is 0 Å². The van der Waals surface area contributed by atoms with Crippen molar-refractivity contribution in [3.05, 3.63) is 23.5 Å². The van der Waals surface area contributed by atoms with Crippen LogP contribution in [0.1, 0.15) is 24.3 Å². The fourth-order valence-electron chi connectivity index (χ4n) is 3.59. The summed E-state index contributed by atoms with van der Waals surface area (Å²) in [6.45, 7) is 0.662. The van der Waals surface area contributed by atoms with Gasteiger partial charge >= 0.3 is 6.03 Å². The molecule has 3 aromatic heterocycles. The first kappa shape index (κ1) is 26.6. The molecule has 1 saturated carbocycles. The summed E-state index contributed by atoms with van der Waals surface area (Å²) in [5.74, 6) is 0. The molecule has 3 heterocycles. The summed E-state index contributed by atoms with van der Waals surface area (Å²) in [6, 6.07) is 3.24. The number of carbonyl (C=O) groups excluding carboxylic acids is 1. The molecule has 37 heavy (non-hydrogen) atoms. The number of carbonyl (C=O) groups is 1. The van der Waals surface area contributed by atoms with Crippen LogP contribution < -0.4 is 9.62 Å². The van der Waals surface area contributed by atoms with Crippen LogP contribution in [0.4, 0.5) is 19.3 Å². The van der Waals surface area contributed by atoms with Gasteiger partial charge in [-0.2, -0.15) is 9.98 Å². The SMILES string of the molecule is CN(C)C(=O)N(C)CCN(C)c1cc(S(=O)(=O)NC2(C#N)CC2)cn2c(-c3nnc(C(F)F)s3)cnc12. The molecule has 16 heteroatoms. The number of nitrogens with one attached hydrogen (secondary N) is 1. The first-order valence-electron chi connectivity index (χ1n) is 11.1. The van der Waals surface area contributed by atoms with E-state index in [1.807, 2.05) is 6.07 Å². The molecule has 4 rings (SSSR count). The fraction of sp³-hybridized carbons (Fsp3) is 0.476. The molecule has 0 saturated heterocycles. The molecule has 0 unspecified atom stereocenters. The van der Waals surface area contributed by atoms with Crippen molar-refractivity contribution in [2.24, 2.45) is 0 Å². The highest BCUT2D eigenvalue weighted by molar-refractivity contribution is 7.89. The Hall–Kier alpha value is -3.42. The number of fused-ring (bicyclic) bond motifs is 1. The highest BCUT2D eigenvalue weighted by Crippen LogP contribution is 2.37. The van der Waals surface area contributed by atoms with E-state index in [0.29, 0.717) is 48.6 Å². The molecule has 198 valence electrons. The topological polar surface area (TPSA) is 140 Å². The Balaban J connectivity index is 1.77. The van der Waals surface area contributed by atoms with Gasteiger partial charge in [0.2, 0.25) is 10.0 Å². The molecule has 0 atom stereocenters. The predicted octanol–water partition coefficient (Wildman–Crippen LogP) is 2.17. The van der Waals surface area contributed by atoms with E-state index < -0.39 is 27.0 Å². The molecule has 1 aliphatic rings. The number of nitriles is 1. The van der Waals surface area contributed by atoms with Gasteiger partial charge in [0.1, 0.15) is 16.1 Å². The number of hydrogen-bond acceptors (Lipinski definition) is 9. The van der Waals surface area contributed by atoms with Crippen molar-refractivity contribution >= 4 is 38.7 Å². The smallest absolute Gasteiger partial charge is 0.319 e. The average molecular weight is 554 g/mol. The third-order valence-corrected chi connectivity index (χ3v) is 8.36. The number of halogens is 2. The summed E-state index contributed by atoms with van der Waals surface area (Å²) in [6.07, 6.45) is 0.736. The minimum atomic E-state index is -4.13. The number of aromatic nitrogens is 4. The number of anilines is 1. The Kier molecular flexibility index (Phi) is 7.06. The fourth-order valence-corrected chi connectivity index (χ4v) is 5.69. The van der Waals surface area contributed by atoms with Crippen LogP contribution in [-0.4, -0.2) is 90.6 Å². The number of hydrogen-bond donors (Lipinski definition) is 1. The average Bonchev–Trinajstić information content (AvgIpc) is 3.24. The van der Waals surface area contributed by atoms with Gasteiger partial charge in [-0.05, 0) is 18.9 Å². The van der Waals surface area contributed by atoms with Crippen LogP contribution in [-0.2, 0) is 10.0 Å². The molecule has 0 aromatic carbocycles. The van der Waals surface area contributed by atoms with E-state index in [4.69, 9.17) is 0 Å². The number of rotatable bonds is 9. The highest BCUT2D eigenvalue weighted by atomic mass is 32.2. The normalized spacial score (nSPS) is 14.5. The maximum atomic E-state index is 13.3. The number of likely N-dealkylation sites (N-methyl/N-ethyl adjacent to an activating group) is 2. The second-order valence-corrected chi connectivity index (χ2v) is 11.7. The van der Waals surface area contributed by atoms with Gasteiger partial charge in [-0.1, -0.05) is 11.3 Å². The molecule has 1 N–H and O–H groups in total. The minimum absolute atomic E-state index is 0.140. The lowest BCUT2D eigenvalue weighted by atomic mass is 10.3. The number of imidazole rings is 1. The summed E-state index contributed by atoms with van der Waals surface area (Å²) in [4.78, 5) is 21.2. The third kappa shape index (κ3) is 5.33. The number of sulfonamides is 1. The van der Waals surface area contributed by atoms with Crippen LogP contribution in [0.5, 0.6) is 0 Å². The number of amides is 2. The molecule has 3 aromatic rings. The Morgan fingerprint density at radius 3 is 2.54 bits per heavy atom. The molecule has 0 spiro atoms. The molecular formula is C21H25F2N9O3S2. The summed E-state index contributed by atoms with van der Waals surface area (Å²) >= 11 is 0.681. The van der Waals surface area contributed by atoms with Crippen LogP contribution in [0, 0.1) is 11.3 Å². The number of nitrogens with zero attached hydrogens (tertiary/aromatic N) is 8. The van der Waals surface area contributed by atoms with E-state index in [1.54, 1.807) is 33.1 Å². The van der Waals surface area contributed by atoms with Gasteiger partial charge in [0, 0.05) is 47.5 Å². The first-order valence-corrected chi connectivity index (χ1v) is 13.4. The predicted molar refractivity (Wildman–Crippen MR) is 132 cm³/mol. The lowest BCUT2D eigenvalue weighted by Gasteiger charge is -2.26. The van der Waals surface area contributed by atoms with Gasteiger partial charge < -0.3 is 14.7 Å². The molecule has 0 bridgehead atoms. The minimum Gasteiger partial charge on any atom is -0.370 e. The number of urea groups is 1. The molecule has 12 nitrogen and oxygen atoms in total. The van der Waals surface area contributed by atoms with Gasteiger partial charge in [-0.25, -0.2) is 27.0 Å². The molecular weight excluding hydrogens is 528 g/mol. The Morgan fingerprint density at radius 1 is 1.27 bits per heavy atom. The van der Waals surface area contributed by atoms with Crippen LogP contribution >= 0.6 is 11.3 Å². The van der Waals surface area contributed by atoms with Crippen molar-refractivity contribution in [1.82, 2.24) is 34.1 Å². The monoisotopic (exact) mass is 553 g/mol. The summed E-state index contributed by atoms with van der Waals surface area (Å²) in [5, 5.41) is 16.4. The van der Waals surface area contributed by atoms with Crippen LogP contribution in [0.25, 0.3) is 16.3 Å². The Bertz CT molecular complexity index is 1480. The van der Waals surface area contributed by atoms with E-state index in [2.05, 4.69) is 19.9 Å². The second-order valence-electron chi connectivity index (χ2n) is 8.96. The van der Waals surface area contributed by atoms with Gasteiger partial charge in [-0.15, -0.1) is 10.2 Å². The zero-order chi connectivity index (χ0) is 27.1. The summed E-state index contributed by atoms with van der Waals surface area (Å²) in [7, 11) is 2.52. The van der Waals surface area contributed by atoms with Crippen LogP contribution in [0.3, 0.4) is 0 Å². The third-order valence-electron chi connectivity index (χ3n) is 5.90. The van der Waals surface area contributed by atoms with Gasteiger partial charge in [0.25, 0.3) is 6.43 Å². The molecule has 2 amide bonds. The highest BCUT2D eigenvalue weighted by Gasteiger charge is 2.47. The van der Waals surface area contributed by atoms with Gasteiger partial charge in [0.15, 0.2) is 15.7 Å². The van der Waals surface area contributed by atoms with E-state index >= 15 is 0 Å². The van der Waals surface area contributed by atoms with Crippen molar-refractivity contribution in [3.8, 4) is 16.8 Å². The maximum Gasteiger partial charge on any atom is 0.319 e. The lowest BCUT2D eigenvalue weighted by Crippen LogP contribution is -2.40.